The van der Waals surface area contributed by atoms with Crippen LogP contribution in [0.3, 0.4) is 0 Å². The first kappa shape index (κ1) is 17.4. The van der Waals surface area contributed by atoms with Crippen LogP contribution < -0.4 is 5.32 Å². The van der Waals surface area contributed by atoms with Crippen molar-refractivity contribution in [2.24, 2.45) is 0 Å². The summed E-state index contributed by atoms with van der Waals surface area (Å²) in [5, 5.41) is 11.9. The van der Waals surface area contributed by atoms with Gasteiger partial charge in [0.05, 0.1) is 0 Å². The van der Waals surface area contributed by atoms with E-state index < -0.39 is 23.7 Å². The summed E-state index contributed by atoms with van der Waals surface area (Å²) >= 11 is 5.82. The van der Waals surface area contributed by atoms with Crippen LogP contribution >= 0.6 is 11.6 Å². The van der Waals surface area contributed by atoms with E-state index in [4.69, 9.17) is 11.6 Å². The third-order valence-electron chi connectivity index (χ3n) is 3.76. The molecular weight excluding hydrogens is 323 g/mol. The Morgan fingerprint density at radius 2 is 2.04 bits per heavy atom. The molecule has 0 aromatic carbocycles. The van der Waals surface area contributed by atoms with Gasteiger partial charge in [0.25, 0.3) is 5.91 Å². The standard InChI is InChI=1S/C16H18ClFN2O3/c17-11-6-7-19-12(8-11)9-13(16(22)23)20-15(21)14(18)10-4-2-1-3-5-10/h6-8,13H,1-5,9H2,(H,20,21)(H,22,23). The highest BCUT2D eigenvalue weighted by molar-refractivity contribution is 6.30. The molecule has 1 aliphatic carbocycles. The van der Waals surface area contributed by atoms with Crippen molar-refractivity contribution in [3.05, 3.63) is 40.4 Å². The smallest absolute Gasteiger partial charge is 0.326 e. The van der Waals surface area contributed by atoms with Gasteiger partial charge >= 0.3 is 5.97 Å². The summed E-state index contributed by atoms with van der Waals surface area (Å²) in [7, 11) is 0. The number of halogens is 2. The number of aromatic nitrogens is 1. The molecule has 1 atom stereocenters. The van der Waals surface area contributed by atoms with Gasteiger partial charge in [-0.25, -0.2) is 9.18 Å². The van der Waals surface area contributed by atoms with Gasteiger partial charge in [0.2, 0.25) is 0 Å². The molecule has 1 aromatic rings. The van der Waals surface area contributed by atoms with Gasteiger partial charge in [-0.15, -0.1) is 0 Å². The van der Waals surface area contributed by atoms with E-state index in [1.54, 1.807) is 6.07 Å². The first-order chi connectivity index (χ1) is 11.0. The van der Waals surface area contributed by atoms with Crippen LogP contribution in [0.5, 0.6) is 0 Å². The second-order valence-corrected chi connectivity index (χ2v) is 5.95. The Morgan fingerprint density at radius 1 is 1.35 bits per heavy atom. The molecule has 5 nitrogen and oxygen atoms in total. The van der Waals surface area contributed by atoms with E-state index >= 15 is 0 Å². The molecule has 0 spiro atoms. The summed E-state index contributed by atoms with van der Waals surface area (Å²) in [5.74, 6) is -3.08. The maximum Gasteiger partial charge on any atom is 0.326 e. The number of nitrogens with zero attached hydrogens (tertiary/aromatic N) is 1. The van der Waals surface area contributed by atoms with Crippen LogP contribution in [0.4, 0.5) is 4.39 Å². The van der Waals surface area contributed by atoms with Gasteiger partial charge in [-0.3, -0.25) is 9.78 Å². The van der Waals surface area contributed by atoms with Crippen LogP contribution in [0.2, 0.25) is 5.02 Å². The molecule has 0 radical (unpaired) electrons. The minimum Gasteiger partial charge on any atom is -0.480 e. The molecule has 1 aromatic heterocycles. The fourth-order valence-corrected chi connectivity index (χ4v) is 2.73. The Balaban J connectivity index is 2.07. The highest BCUT2D eigenvalue weighted by Crippen LogP contribution is 2.26. The summed E-state index contributed by atoms with van der Waals surface area (Å²) in [6.45, 7) is 0. The molecule has 0 bridgehead atoms. The molecule has 1 saturated carbocycles. The number of allylic oxidation sites excluding steroid dienone is 1. The number of carbonyl (C=O) groups excluding carboxylic acids is 1. The average Bonchev–Trinajstić information content (AvgIpc) is 2.54. The Kier molecular flexibility index (Phi) is 6.10. The van der Waals surface area contributed by atoms with Crippen molar-refractivity contribution in [1.29, 1.82) is 0 Å². The van der Waals surface area contributed by atoms with Gasteiger partial charge < -0.3 is 10.4 Å². The van der Waals surface area contributed by atoms with E-state index in [9.17, 15) is 19.1 Å². The topological polar surface area (TPSA) is 79.3 Å². The molecule has 0 saturated heterocycles. The Morgan fingerprint density at radius 3 is 2.65 bits per heavy atom. The van der Waals surface area contributed by atoms with Crippen LogP contribution in [-0.4, -0.2) is 28.0 Å². The molecule has 1 aliphatic rings. The monoisotopic (exact) mass is 340 g/mol. The zero-order chi connectivity index (χ0) is 16.8. The van der Waals surface area contributed by atoms with E-state index in [0.717, 1.165) is 19.3 Å². The fraction of sp³-hybridized carbons (Fsp3) is 0.438. The molecular formula is C16H18ClFN2O3. The van der Waals surface area contributed by atoms with Crippen molar-refractivity contribution in [2.75, 3.05) is 0 Å². The molecule has 2 N–H and O–H groups in total. The van der Waals surface area contributed by atoms with E-state index in [2.05, 4.69) is 10.3 Å². The van der Waals surface area contributed by atoms with E-state index in [1.165, 1.54) is 12.3 Å². The maximum absolute atomic E-state index is 14.1. The van der Waals surface area contributed by atoms with Crippen LogP contribution in [-0.2, 0) is 16.0 Å². The predicted octanol–water partition coefficient (Wildman–Crippen LogP) is 3.03. The van der Waals surface area contributed by atoms with Crippen LogP contribution in [0.1, 0.15) is 37.8 Å². The lowest BCUT2D eigenvalue weighted by atomic mass is 9.94. The summed E-state index contributed by atoms with van der Waals surface area (Å²) in [6, 6.07) is 1.81. The third-order valence-corrected chi connectivity index (χ3v) is 4.00. The number of carboxylic acids is 1. The quantitative estimate of drug-likeness (QED) is 0.807. The number of amides is 1. The number of nitrogens with one attached hydrogen (secondary N) is 1. The normalized spacial score (nSPS) is 15.8. The van der Waals surface area contributed by atoms with Crippen LogP contribution in [0, 0.1) is 0 Å². The summed E-state index contributed by atoms with van der Waals surface area (Å²) in [6.07, 6.45) is 5.21. The van der Waals surface area contributed by atoms with Gasteiger partial charge in [-0.05, 0) is 43.4 Å². The molecule has 0 aliphatic heterocycles. The van der Waals surface area contributed by atoms with Crippen molar-refractivity contribution in [3.8, 4) is 0 Å². The number of hydrogen-bond acceptors (Lipinski definition) is 3. The molecule has 2 rings (SSSR count). The second kappa shape index (κ2) is 8.06. The van der Waals surface area contributed by atoms with Gasteiger partial charge in [-0.1, -0.05) is 18.0 Å². The number of aliphatic carboxylic acids is 1. The predicted molar refractivity (Wildman–Crippen MR) is 83.7 cm³/mol. The first-order valence-electron chi connectivity index (χ1n) is 7.49. The highest BCUT2D eigenvalue weighted by atomic mass is 35.5. The third kappa shape index (κ3) is 5.03. The van der Waals surface area contributed by atoms with Crippen molar-refractivity contribution < 1.29 is 19.1 Å². The van der Waals surface area contributed by atoms with E-state index in [1.807, 2.05) is 0 Å². The number of carbonyl (C=O) groups is 2. The summed E-state index contributed by atoms with van der Waals surface area (Å²) in [5.41, 5.74) is 0.884. The van der Waals surface area contributed by atoms with Crippen LogP contribution in [0.15, 0.2) is 29.7 Å². The van der Waals surface area contributed by atoms with Gasteiger partial charge in [-0.2, -0.15) is 0 Å². The molecule has 7 heteroatoms. The lowest BCUT2D eigenvalue weighted by Crippen LogP contribution is -2.43. The van der Waals surface area contributed by atoms with Crippen molar-refractivity contribution in [2.45, 2.75) is 44.6 Å². The lowest BCUT2D eigenvalue weighted by Gasteiger charge is -2.17. The second-order valence-electron chi connectivity index (χ2n) is 5.51. The first-order valence-corrected chi connectivity index (χ1v) is 7.87. The Bertz CT molecular complexity index is 626. The summed E-state index contributed by atoms with van der Waals surface area (Å²) < 4.78 is 14.1. The largest absolute Gasteiger partial charge is 0.480 e. The molecule has 1 heterocycles. The van der Waals surface area contributed by atoms with Crippen molar-refractivity contribution >= 4 is 23.5 Å². The minimum atomic E-state index is -1.26. The van der Waals surface area contributed by atoms with Gasteiger partial charge in [0.15, 0.2) is 5.83 Å². The zero-order valence-electron chi connectivity index (χ0n) is 12.5. The molecule has 1 amide bonds. The molecule has 1 unspecified atom stereocenters. The number of rotatable bonds is 5. The number of pyridine rings is 1. The lowest BCUT2D eigenvalue weighted by molar-refractivity contribution is -0.141. The summed E-state index contributed by atoms with van der Waals surface area (Å²) in [4.78, 5) is 27.3. The van der Waals surface area contributed by atoms with E-state index in [-0.39, 0.29) is 6.42 Å². The number of hydrogen-bond donors (Lipinski definition) is 2. The minimum absolute atomic E-state index is 0.0652. The molecule has 23 heavy (non-hydrogen) atoms. The van der Waals surface area contributed by atoms with Gasteiger partial charge in [0.1, 0.15) is 6.04 Å². The maximum atomic E-state index is 14.1. The molecule has 1 fully saturated rings. The average molecular weight is 341 g/mol. The van der Waals surface area contributed by atoms with Gasteiger partial charge in [0, 0.05) is 23.3 Å². The van der Waals surface area contributed by atoms with Crippen molar-refractivity contribution in [1.82, 2.24) is 10.3 Å². The fourth-order valence-electron chi connectivity index (χ4n) is 2.55. The van der Waals surface area contributed by atoms with E-state index in [0.29, 0.717) is 29.1 Å². The number of carboxylic acid groups (broad SMARTS) is 1. The van der Waals surface area contributed by atoms with Crippen LogP contribution in [0.25, 0.3) is 0 Å². The highest BCUT2D eigenvalue weighted by Gasteiger charge is 2.25. The Labute approximate surface area is 138 Å². The zero-order valence-corrected chi connectivity index (χ0v) is 13.3. The Hall–Kier alpha value is -1.95. The molecule has 124 valence electrons. The SMILES string of the molecule is O=C(NC(Cc1cc(Cl)ccn1)C(=O)O)C(F)=C1CCCCC1. The van der Waals surface area contributed by atoms with Crippen molar-refractivity contribution in [3.63, 3.8) is 0 Å².